The van der Waals surface area contributed by atoms with Crippen molar-refractivity contribution in [2.24, 2.45) is 0 Å². The van der Waals surface area contributed by atoms with E-state index in [1.54, 1.807) is 24.3 Å². The Morgan fingerprint density at radius 3 is 2.50 bits per heavy atom. The molecule has 0 heterocycles. The molecular weight excluding hydrogens is 286 g/mol. The van der Waals surface area contributed by atoms with Gasteiger partial charge in [0.1, 0.15) is 5.56 Å². The summed E-state index contributed by atoms with van der Waals surface area (Å²) in [5, 5.41) is 22.4. The van der Waals surface area contributed by atoms with Crippen molar-refractivity contribution in [3.63, 3.8) is 0 Å². The minimum Gasteiger partial charge on any atom is -0.398 e. The first-order chi connectivity index (χ1) is 10.5. The van der Waals surface area contributed by atoms with Crippen LogP contribution >= 0.6 is 0 Å². The van der Waals surface area contributed by atoms with E-state index in [4.69, 9.17) is 10.8 Å². The predicted octanol–water partition coefficient (Wildman–Crippen LogP) is 1.96. The van der Waals surface area contributed by atoms with Crippen molar-refractivity contribution in [1.82, 2.24) is 0 Å². The van der Waals surface area contributed by atoms with Crippen LogP contribution in [0.5, 0.6) is 0 Å². The number of carbonyl (C=O) groups is 1. The van der Waals surface area contributed by atoms with Crippen molar-refractivity contribution >= 4 is 23.0 Å². The minimum atomic E-state index is -0.643. The second kappa shape index (κ2) is 6.68. The lowest BCUT2D eigenvalue weighted by Gasteiger charge is -2.08. The number of amides is 1. The maximum absolute atomic E-state index is 12.2. The summed E-state index contributed by atoms with van der Waals surface area (Å²) in [4.78, 5) is 22.6. The van der Waals surface area contributed by atoms with E-state index in [1.165, 1.54) is 18.2 Å². The molecule has 4 N–H and O–H groups in total. The van der Waals surface area contributed by atoms with Gasteiger partial charge in [0, 0.05) is 18.4 Å². The van der Waals surface area contributed by atoms with Crippen LogP contribution in [-0.4, -0.2) is 22.5 Å². The summed E-state index contributed by atoms with van der Waals surface area (Å²) < 4.78 is 0. The van der Waals surface area contributed by atoms with Crippen molar-refractivity contribution in [2.75, 3.05) is 17.7 Å². The number of nitro benzene ring substituents is 1. The molecule has 22 heavy (non-hydrogen) atoms. The Labute approximate surface area is 126 Å². The fourth-order valence-corrected chi connectivity index (χ4v) is 2.03. The zero-order valence-electron chi connectivity index (χ0n) is 11.7. The Morgan fingerprint density at radius 1 is 1.23 bits per heavy atom. The van der Waals surface area contributed by atoms with Gasteiger partial charge in [0.2, 0.25) is 0 Å². The van der Waals surface area contributed by atoms with Gasteiger partial charge in [0.05, 0.1) is 10.6 Å². The summed E-state index contributed by atoms with van der Waals surface area (Å²) in [7, 11) is 0. The van der Waals surface area contributed by atoms with Gasteiger partial charge in [-0.25, -0.2) is 0 Å². The van der Waals surface area contributed by atoms with Crippen molar-refractivity contribution in [2.45, 2.75) is 6.42 Å². The summed E-state index contributed by atoms with van der Waals surface area (Å²) in [6, 6.07) is 10.9. The van der Waals surface area contributed by atoms with Gasteiger partial charge in [0.25, 0.3) is 11.6 Å². The number of nitrogen functional groups attached to an aromatic ring is 1. The van der Waals surface area contributed by atoms with Gasteiger partial charge >= 0.3 is 0 Å². The molecule has 114 valence electrons. The number of nitrogens with one attached hydrogen (secondary N) is 1. The second-order valence-electron chi connectivity index (χ2n) is 4.62. The molecular formula is C15H15N3O4. The summed E-state index contributed by atoms with van der Waals surface area (Å²) in [5.74, 6) is -0.639. The summed E-state index contributed by atoms with van der Waals surface area (Å²) in [6.07, 6.45) is 0.519. The molecule has 0 bridgehead atoms. The number of nitrogens with zero attached hydrogens (tertiary/aromatic N) is 1. The first-order valence-corrected chi connectivity index (χ1v) is 6.57. The predicted molar refractivity (Wildman–Crippen MR) is 82.7 cm³/mol. The zero-order valence-corrected chi connectivity index (χ0v) is 11.7. The molecule has 0 aliphatic rings. The highest BCUT2D eigenvalue weighted by Gasteiger charge is 2.22. The van der Waals surface area contributed by atoms with E-state index in [0.717, 1.165) is 5.56 Å². The maximum atomic E-state index is 12.2. The molecule has 0 aliphatic carbocycles. The van der Waals surface area contributed by atoms with E-state index in [9.17, 15) is 14.9 Å². The lowest BCUT2D eigenvalue weighted by atomic mass is 10.1. The van der Waals surface area contributed by atoms with Crippen molar-refractivity contribution in [3.05, 3.63) is 63.7 Å². The first kappa shape index (κ1) is 15.5. The summed E-state index contributed by atoms with van der Waals surface area (Å²) in [5.41, 5.74) is 6.64. The Morgan fingerprint density at radius 2 is 1.91 bits per heavy atom. The van der Waals surface area contributed by atoms with Crippen molar-refractivity contribution in [3.8, 4) is 0 Å². The number of anilines is 2. The van der Waals surface area contributed by atoms with Gasteiger partial charge < -0.3 is 16.2 Å². The van der Waals surface area contributed by atoms with E-state index in [-0.39, 0.29) is 23.5 Å². The number of nitrogens with two attached hydrogens (primary N) is 1. The average molecular weight is 301 g/mol. The number of hydrogen-bond donors (Lipinski definition) is 3. The van der Waals surface area contributed by atoms with Crippen LogP contribution in [0.25, 0.3) is 0 Å². The van der Waals surface area contributed by atoms with E-state index < -0.39 is 10.8 Å². The van der Waals surface area contributed by atoms with Crippen molar-refractivity contribution in [1.29, 1.82) is 0 Å². The van der Waals surface area contributed by atoms with Crippen LogP contribution in [0.4, 0.5) is 17.1 Å². The van der Waals surface area contributed by atoms with Gasteiger partial charge in [-0.3, -0.25) is 14.9 Å². The summed E-state index contributed by atoms with van der Waals surface area (Å²) >= 11 is 0. The number of hydrogen-bond acceptors (Lipinski definition) is 5. The Bertz CT molecular complexity index is 698. The molecule has 0 atom stereocenters. The second-order valence-corrected chi connectivity index (χ2v) is 4.62. The molecule has 0 spiro atoms. The Kier molecular flexibility index (Phi) is 4.70. The monoisotopic (exact) mass is 301 g/mol. The van der Waals surface area contributed by atoms with E-state index in [2.05, 4.69) is 5.32 Å². The van der Waals surface area contributed by atoms with Crippen LogP contribution in [0.15, 0.2) is 42.5 Å². The quantitative estimate of drug-likeness (QED) is 0.443. The molecule has 0 aliphatic heterocycles. The number of carbonyl (C=O) groups excluding carboxylic acids is 1. The molecule has 0 aromatic heterocycles. The van der Waals surface area contributed by atoms with Crippen LogP contribution in [0.3, 0.4) is 0 Å². The molecule has 7 heteroatoms. The topological polar surface area (TPSA) is 118 Å². The largest absolute Gasteiger partial charge is 0.398 e. The molecule has 2 aromatic rings. The highest BCUT2D eigenvalue weighted by atomic mass is 16.6. The molecule has 0 unspecified atom stereocenters. The number of rotatable bonds is 5. The average Bonchev–Trinajstić information content (AvgIpc) is 2.49. The van der Waals surface area contributed by atoms with Gasteiger partial charge in [-0.1, -0.05) is 18.2 Å². The van der Waals surface area contributed by atoms with E-state index in [0.29, 0.717) is 12.1 Å². The number of aliphatic hydroxyl groups is 1. The molecule has 0 saturated heterocycles. The van der Waals surface area contributed by atoms with Crippen LogP contribution in [0, 0.1) is 10.1 Å². The van der Waals surface area contributed by atoms with Crippen LogP contribution in [0.1, 0.15) is 15.9 Å². The molecule has 7 nitrogen and oxygen atoms in total. The minimum absolute atomic E-state index is 0.0401. The lowest BCUT2D eigenvalue weighted by Crippen LogP contribution is -2.16. The normalized spacial score (nSPS) is 10.2. The SMILES string of the molecule is Nc1cccc([N+](=O)[O-])c1C(=O)Nc1ccc(CCO)cc1. The molecule has 1 amide bonds. The fourth-order valence-electron chi connectivity index (χ4n) is 2.03. The number of nitro groups is 1. The highest BCUT2D eigenvalue weighted by Crippen LogP contribution is 2.25. The fraction of sp³-hybridized carbons (Fsp3) is 0.133. The lowest BCUT2D eigenvalue weighted by molar-refractivity contribution is -0.385. The van der Waals surface area contributed by atoms with Crippen LogP contribution in [0.2, 0.25) is 0 Å². The molecule has 0 saturated carbocycles. The van der Waals surface area contributed by atoms with E-state index >= 15 is 0 Å². The van der Waals surface area contributed by atoms with Gasteiger partial charge in [0.15, 0.2) is 0 Å². The third-order valence-corrected chi connectivity index (χ3v) is 3.11. The first-order valence-electron chi connectivity index (χ1n) is 6.57. The molecule has 0 fully saturated rings. The standard InChI is InChI=1S/C15H15N3O4/c16-12-2-1-3-13(18(21)22)14(12)15(20)17-11-6-4-10(5-7-11)8-9-19/h1-7,19H,8-9,16H2,(H,17,20). The zero-order chi connectivity index (χ0) is 16.1. The van der Waals surface area contributed by atoms with Gasteiger partial charge in [-0.05, 0) is 30.2 Å². The van der Waals surface area contributed by atoms with Gasteiger partial charge in [-0.2, -0.15) is 0 Å². The number of aliphatic hydroxyl groups excluding tert-OH is 1. The number of benzene rings is 2. The third-order valence-electron chi connectivity index (χ3n) is 3.11. The van der Waals surface area contributed by atoms with Crippen LogP contribution in [-0.2, 0) is 6.42 Å². The Hall–Kier alpha value is -2.93. The highest BCUT2D eigenvalue weighted by molar-refractivity contribution is 6.10. The molecule has 2 rings (SSSR count). The molecule has 0 radical (unpaired) electrons. The summed E-state index contributed by atoms with van der Waals surface area (Å²) in [6.45, 7) is 0.0401. The van der Waals surface area contributed by atoms with Gasteiger partial charge in [-0.15, -0.1) is 0 Å². The smallest absolute Gasteiger partial charge is 0.284 e. The maximum Gasteiger partial charge on any atom is 0.284 e. The third kappa shape index (κ3) is 3.39. The Balaban J connectivity index is 2.24. The van der Waals surface area contributed by atoms with Crippen molar-refractivity contribution < 1.29 is 14.8 Å². The molecule has 2 aromatic carbocycles. The van der Waals surface area contributed by atoms with E-state index in [1.807, 2.05) is 0 Å². The van der Waals surface area contributed by atoms with Crippen LogP contribution < -0.4 is 11.1 Å².